The van der Waals surface area contributed by atoms with Gasteiger partial charge < -0.3 is 9.64 Å². The summed E-state index contributed by atoms with van der Waals surface area (Å²) in [6.45, 7) is 1.71. The van der Waals surface area contributed by atoms with Gasteiger partial charge in [0.15, 0.2) is 12.4 Å². The van der Waals surface area contributed by atoms with Gasteiger partial charge in [-0.05, 0) is 31.9 Å². The summed E-state index contributed by atoms with van der Waals surface area (Å²) in [4.78, 5) is 36.8. The molecule has 1 fully saturated rings. The molecule has 0 atom stereocenters. The highest BCUT2D eigenvalue weighted by atomic mass is 32.2. The number of ketones is 1. The van der Waals surface area contributed by atoms with Crippen LogP contribution < -0.4 is 4.72 Å². The maximum Gasteiger partial charge on any atom is 0.321 e. The van der Waals surface area contributed by atoms with Gasteiger partial charge in [-0.3, -0.25) is 14.4 Å². The van der Waals surface area contributed by atoms with Crippen molar-refractivity contribution in [1.82, 2.24) is 9.62 Å². The lowest BCUT2D eigenvalue weighted by Gasteiger charge is -2.24. The van der Waals surface area contributed by atoms with E-state index in [1.807, 2.05) is 0 Å². The molecule has 0 saturated carbocycles. The van der Waals surface area contributed by atoms with Gasteiger partial charge in [0, 0.05) is 18.7 Å². The van der Waals surface area contributed by atoms with Crippen molar-refractivity contribution in [2.45, 2.75) is 43.9 Å². The van der Waals surface area contributed by atoms with Crippen LogP contribution in [0.5, 0.6) is 0 Å². The highest BCUT2D eigenvalue weighted by Gasteiger charge is 2.19. The Morgan fingerprint density at radius 2 is 1.57 bits per heavy atom. The maximum absolute atomic E-state index is 12.2. The molecule has 0 aromatic heterocycles. The Kier molecular flexibility index (Phi) is 8.13. The number of ether oxygens (including phenoxy) is 1. The normalized spacial score (nSPS) is 15.4. The number of likely N-dealkylation sites (tertiary alicyclic amines) is 1. The van der Waals surface area contributed by atoms with Crippen molar-refractivity contribution in [3.8, 4) is 0 Å². The van der Waals surface area contributed by atoms with Crippen molar-refractivity contribution in [1.29, 1.82) is 0 Å². The molecule has 0 bridgehead atoms. The molecule has 28 heavy (non-hydrogen) atoms. The highest BCUT2D eigenvalue weighted by molar-refractivity contribution is 7.89. The molecule has 0 unspecified atom stereocenters. The molecule has 9 heteroatoms. The Labute approximate surface area is 165 Å². The van der Waals surface area contributed by atoms with E-state index in [1.165, 1.54) is 37.6 Å². The molecule has 2 rings (SSSR count). The summed E-state index contributed by atoms with van der Waals surface area (Å²) < 4.78 is 31.4. The molecular formula is C19H26N2O6S. The van der Waals surface area contributed by atoms with E-state index in [9.17, 15) is 22.8 Å². The van der Waals surface area contributed by atoms with E-state index in [-0.39, 0.29) is 16.6 Å². The molecule has 8 nitrogen and oxygen atoms in total. The third-order valence-corrected chi connectivity index (χ3v) is 5.96. The largest absolute Gasteiger partial charge is 0.455 e. The quantitative estimate of drug-likeness (QED) is 0.539. The number of esters is 1. The molecule has 0 aliphatic carbocycles. The van der Waals surface area contributed by atoms with Crippen LogP contribution in [0.25, 0.3) is 0 Å². The Hall–Kier alpha value is -2.26. The molecule has 154 valence electrons. The summed E-state index contributed by atoms with van der Waals surface area (Å²) in [6, 6.07) is 5.38. The number of hydrogen-bond acceptors (Lipinski definition) is 6. The summed E-state index contributed by atoms with van der Waals surface area (Å²) in [7, 11) is -3.92. The predicted molar refractivity (Wildman–Crippen MR) is 102 cm³/mol. The maximum atomic E-state index is 12.2. The zero-order chi connectivity index (χ0) is 20.6. The van der Waals surface area contributed by atoms with Crippen LogP contribution in [0.3, 0.4) is 0 Å². The number of sulfonamides is 1. The van der Waals surface area contributed by atoms with E-state index in [4.69, 9.17) is 4.74 Å². The summed E-state index contributed by atoms with van der Waals surface area (Å²) in [5.74, 6) is -1.27. The van der Waals surface area contributed by atoms with E-state index in [2.05, 4.69) is 4.72 Å². The van der Waals surface area contributed by atoms with E-state index in [0.29, 0.717) is 18.7 Å². The van der Waals surface area contributed by atoms with E-state index in [1.54, 1.807) is 4.90 Å². The SMILES string of the molecule is CC(=O)c1ccc(S(=O)(=O)NCC(=O)OCC(=O)N2CCCCCCC2)cc1. The van der Waals surface area contributed by atoms with Gasteiger partial charge in [0.05, 0.1) is 4.90 Å². The monoisotopic (exact) mass is 410 g/mol. The third kappa shape index (κ3) is 6.72. The van der Waals surface area contributed by atoms with E-state index in [0.717, 1.165) is 25.7 Å². The first-order valence-corrected chi connectivity index (χ1v) is 10.8. The van der Waals surface area contributed by atoms with Gasteiger partial charge in [0.1, 0.15) is 6.54 Å². The first kappa shape index (κ1) is 22.0. The van der Waals surface area contributed by atoms with Gasteiger partial charge in [-0.2, -0.15) is 4.72 Å². The lowest BCUT2D eigenvalue weighted by atomic mass is 10.1. The molecule has 0 spiro atoms. The number of amides is 1. The molecular weight excluding hydrogens is 384 g/mol. The standard InChI is InChI=1S/C19H26N2O6S/c1-15(22)16-7-9-17(10-8-16)28(25,26)20-13-19(24)27-14-18(23)21-11-5-3-2-4-6-12-21/h7-10,20H,2-6,11-14H2,1H3. The van der Waals surface area contributed by atoms with Crippen molar-refractivity contribution in [3.63, 3.8) is 0 Å². The Balaban J connectivity index is 1.80. The molecule has 1 aliphatic heterocycles. The van der Waals surface area contributed by atoms with Crippen molar-refractivity contribution in [2.75, 3.05) is 26.2 Å². The number of nitrogens with zero attached hydrogens (tertiary/aromatic N) is 1. The molecule has 1 amide bonds. The van der Waals surface area contributed by atoms with Crippen LogP contribution >= 0.6 is 0 Å². The molecule has 1 aliphatic rings. The molecule has 1 heterocycles. The highest BCUT2D eigenvalue weighted by Crippen LogP contribution is 2.12. The second-order valence-corrected chi connectivity index (χ2v) is 8.48. The zero-order valence-corrected chi connectivity index (χ0v) is 16.8. The second kappa shape index (κ2) is 10.3. The van der Waals surface area contributed by atoms with Crippen LogP contribution in [-0.4, -0.2) is 57.2 Å². The number of hydrogen-bond donors (Lipinski definition) is 1. The summed E-state index contributed by atoms with van der Waals surface area (Å²) in [6.07, 6.45) is 5.20. The fourth-order valence-corrected chi connectivity index (χ4v) is 3.86. The number of nitrogens with one attached hydrogen (secondary N) is 1. The minimum atomic E-state index is -3.92. The van der Waals surface area contributed by atoms with Crippen molar-refractivity contribution in [3.05, 3.63) is 29.8 Å². The average molecular weight is 410 g/mol. The molecule has 1 saturated heterocycles. The third-order valence-electron chi connectivity index (χ3n) is 4.54. The Morgan fingerprint density at radius 3 is 2.14 bits per heavy atom. The first-order valence-electron chi connectivity index (χ1n) is 9.33. The van der Waals surface area contributed by atoms with Crippen LogP contribution in [0.15, 0.2) is 29.2 Å². The van der Waals surface area contributed by atoms with E-state index < -0.39 is 29.1 Å². The molecule has 1 N–H and O–H groups in total. The van der Waals surface area contributed by atoms with Gasteiger partial charge in [0.2, 0.25) is 10.0 Å². The lowest BCUT2D eigenvalue weighted by molar-refractivity contribution is -0.151. The topological polar surface area (TPSA) is 110 Å². The van der Waals surface area contributed by atoms with Crippen LogP contribution in [0.2, 0.25) is 0 Å². The van der Waals surface area contributed by atoms with Crippen LogP contribution in [0.1, 0.15) is 49.4 Å². The summed E-state index contributed by atoms with van der Waals surface area (Å²) in [5, 5.41) is 0. The molecule has 1 aromatic rings. The van der Waals surface area contributed by atoms with Gasteiger partial charge in [0.25, 0.3) is 5.91 Å². The first-order chi connectivity index (χ1) is 13.3. The van der Waals surface area contributed by atoms with Crippen LogP contribution in [-0.2, 0) is 24.3 Å². The lowest BCUT2D eigenvalue weighted by Crippen LogP contribution is -2.38. The molecule has 1 aromatic carbocycles. The second-order valence-electron chi connectivity index (χ2n) is 6.71. The minimum Gasteiger partial charge on any atom is -0.455 e. The average Bonchev–Trinajstić information content (AvgIpc) is 2.64. The number of rotatable bonds is 7. The van der Waals surface area contributed by atoms with Crippen molar-refractivity contribution < 1.29 is 27.5 Å². The summed E-state index contributed by atoms with van der Waals surface area (Å²) in [5.41, 5.74) is 0.390. The van der Waals surface area contributed by atoms with Gasteiger partial charge in [-0.25, -0.2) is 8.42 Å². The molecule has 0 radical (unpaired) electrons. The Bertz CT molecular complexity index is 796. The zero-order valence-electron chi connectivity index (χ0n) is 16.0. The van der Waals surface area contributed by atoms with Crippen LogP contribution in [0, 0.1) is 0 Å². The fourth-order valence-electron chi connectivity index (χ4n) is 2.89. The van der Waals surface area contributed by atoms with Crippen LogP contribution in [0.4, 0.5) is 0 Å². The minimum absolute atomic E-state index is 0.0676. The Morgan fingerprint density at radius 1 is 1.00 bits per heavy atom. The van der Waals surface area contributed by atoms with E-state index >= 15 is 0 Å². The number of benzene rings is 1. The van der Waals surface area contributed by atoms with Crippen molar-refractivity contribution >= 4 is 27.7 Å². The smallest absolute Gasteiger partial charge is 0.321 e. The number of carbonyl (C=O) groups is 3. The number of Topliss-reactive ketones (excluding diaryl/α,β-unsaturated/α-hetero) is 1. The van der Waals surface area contributed by atoms with Gasteiger partial charge in [-0.1, -0.05) is 31.4 Å². The number of carbonyl (C=O) groups excluding carboxylic acids is 3. The van der Waals surface area contributed by atoms with Gasteiger partial charge >= 0.3 is 5.97 Å². The summed E-state index contributed by atoms with van der Waals surface area (Å²) >= 11 is 0. The fraction of sp³-hybridized carbons (Fsp3) is 0.526. The van der Waals surface area contributed by atoms with Gasteiger partial charge in [-0.15, -0.1) is 0 Å². The predicted octanol–water partition coefficient (Wildman–Crippen LogP) is 1.50. The van der Waals surface area contributed by atoms with Crippen molar-refractivity contribution in [2.24, 2.45) is 0 Å².